The Labute approximate surface area is 251 Å². The highest BCUT2D eigenvalue weighted by atomic mass is 32.1. The van der Waals surface area contributed by atoms with Crippen LogP contribution >= 0.6 is 24.4 Å². The minimum absolute atomic E-state index is 0.399. The second-order valence-corrected chi connectivity index (χ2v) is 12.7. The van der Waals surface area contributed by atoms with E-state index in [4.69, 9.17) is 30.2 Å². The number of thiocarbonyl (C=S) groups is 2. The first kappa shape index (κ1) is 37.8. The van der Waals surface area contributed by atoms with E-state index in [0.29, 0.717) is 9.98 Å². The van der Waals surface area contributed by atoms with Crippen molar-refractivity contribution in [3.63, 3.8) is 0 Å². The van der Waals surface area contributed by atoms with Gasteiger partial charge in [0.15, 0.2) is 0 Å². The molecule has 0 aliphatic rings. The SMILES string of the molecule is CCCCCCCCCCCCCCCCN(CCCCCCCCCCCCCCCC)C(=S)C(N)=S. The third kappa shape index (κ3) is 27.4. The molecule has 0 aromatic heterocycles. The Hall–Kier alpha value is -0.220. The molecular weight excluding hydrogens is 501 g/mol. The number of hydrogen-bond donors (Lipinski definition) is 1. The van der Waals surface area contributed by atoms with Crippen molar-refractivity contribution in [2.24, 2.45) is 5.73 Å². The van der Waals surface area contributed by atoms with E-state index in [1.54, 1.807) is 0 Å². The predicted molar refractivity (Wildman–Crippen MR) is 182 cm³/mol. The van der Waals surface area contributed by atoms with Gasteiger partial charge in [0.05, 0.1) is 0 Å². The first-order valence-electron chi connectivity index (χ1n) is 17.2. The molecule has 0 radical (unpaired) electrons. The van der Waals surface area contributed by atoms with Crippen molar-refractivity contribution in [1.82, 2.24) is 4.90 Å². The van der Waals surface area contributed by atoms with E-state index in [1.165, 1.54) is 180 Å². The molecule has 0 rings (SSSR count). The highest BCUT2D eigenvalue weighted by Gasteiger charge is 2.11. The van der Waals surface area contributed by atoms with Crippen molar-refractivity contribution < 1.29 is 0 Å². The second-order valence-electron chi connectivity index (χ2n) is 11.8. The molecule has 0 amide bonds. The van der Waals surface area contributed by atoms with Gasteiger partial charge < -0.3 is 10.6 Å². The van der Waals surface area contributed by atoms with Gasteiger partial charge in [-0.25, -0.2) is 0 Å². The Kier molecular flexibility index (Phi) is 31.1. The summed E-state index contributed by atoms with van der Waals surface area (Å²) in [6.07, 6.45) is 39.0. The maximum Gasteiger partial charge on any atom is 0.136 e. The van der Waals surface area contributed by atoms with E-state index in [9.17, 15) is 0 Å². The lowest BCUT2D eigenvalue weighted by Gasteiger charge is -2.24. The highest BCUT2D eigenvalue weighted by molar-refractivity contribution is 7.89. The molecule has 0 atom stereocenters. The standard InChI is InChI=1S/C34H68N2S2/c1-3-5-7-9-11-13-15-17-19-21-23-25-27-29-31-36(34(38)33(35)37)32-30-28-26-24-22-20-18-16-14-12-10-8-6-4-2/h3-32H2,1-2H3,(H2,35,37). The van der Waals surface area contributed by atoms with Gasteiger partial charge in [0.1, 0.15) is 9.98 Å². The van der Waals surface area contributed by atoms with E-state index in [-0.39, 0.29) is 0 Å². The Balaban J connectivity index is 3.64. The minimum atomic E-state index is 0.399. The summed E-state index contributed by atoms with van der Waals surface area (Å²) in [6, 6.07) is 0. The molecule has 0 bridgehead atoms. The summed E-state index contributed by atoms with van der Waals surface area (Å²) in [5, 5.41) is 0. The van der Waals surface area contributed by atoms with Crippen molar-refractivity contribution in [1.29, 1.82) is 0 Å². The molecule has 0 aliphatic carbocycles. The predicted octanol–water partition coefficient (Wildman–Crippen LogP) is 11.9. The topological polar surface area (TPSA) is 29.3 Å². The van der Waals surface area contributed by atoms with Crippen LogP contribution in [0.5, 0.6) is 0 Å². The quantitative estimate of drug-likeness (QED) is 0.0689. The smallest absolute Gasteiger partial charge is 0.136 e. The Morgan fingerprint density at radius 2 is 0.605 bits per heavy atom. The summed E-state index contributed by atoms with van der Waals surface area (Å²) in [5.41, 5.74) is 5.89. The molecule has 38 heavy (non-hydrogen) atoms. The lowest BCUT2D eigenvalue weighted by atomic mass is 10.0. The van der Waals surface area contributed by atoms with Gasteiger partial charge in [0.25, 0.3) is 0 Å². The van der Waals surface area contributed by atoms with Crippen LogP contribution in [0.4, 0.5) is 0 Å². The minimum Gasteiger partial charge on any atom is -0.388 e. The molecule has 0 fully saturated rings. The van der Waals surface area contributed by atoms with Crippen molar-refractivity contribution >= 4 is 34.4 Å². The van der Waals surface area contributed by atoms with Crippen molar-refractivity contribution in [3.8, 4) is 0 Å². The molecule has 0 saturated heterocycles. The first-order chi connectivity index (χ1) is 18.6. The van der Waals surface area contributed by atoms with Gasteiger partial charge in [0.2, 0.25) is 0 Å². The average molecular weight is 569 g/mol. The van der Waals surface area contributed by atoms with Crippen molar-refractivity contribution in [3.05, 3.63) is 0 Å². The van der Waals surface area contributed by atoms with Crippen LogP contribution in [0.2, 0.25) is 0 Å². The van der Waals surface area contributed by atoms with Gasteiger partial charge in [-0.15, -0.1) is 0 Å². The van der Waals surface area contributed by atoms with Crippen LogP contribution in [0.25, 0.3) is 0 Å². The van der Waals surface area contributed by atoms with Crippen LogP contribution in [0.1, 0.15) is 194 Å². The van der Waals surface area contributed by atoms with Crippen molar-refractivity contribution in [2.75, 3.05) is 13.1 Å². The molecule has 0 aliphatic heterocycles. The van der Waals surface area contributed by atoms with E-state index >= 15 is 0 Å². The van der Waals surface area contributed by atoms with Crippen molar-refractivity contribution in [2.45, 2.75) is 194 Å². The van der Waals surface area contributed by atoms with Gasteiger partial charge in [-0.3, -0.25) is 0 Å². The zero-order valence-corrected chi connectivity index (χ0v) is 27.7. The molecule has 0 unspecified atom stereocenters. The zero-order chi connectivity index (χ0) is 27.9. The first-order valence-corrected chi connectivity index (χ1v) is 18.0. The zero-order valence-electron chi connectivity index (χ0n) is 26.1. The van der Waals surface area contributed by atoms with Crippen LogP contribution in [-0.4, -0.2) is 28.0 Å². The molecular formula is C34H68N2S2. The maximum atomic E-state index is 5.89. The highest BCUT2D eigenvalue weighted by Crippen LogP contribution is 2.15. The van der Waals surface area contributed by atoms with Gasteiger partial charge in [0, 0.05) is 13.1 Å². The average Bonchev–Trinajstić information content (AvgIpc) is 2.91. The van der Waals surface area contributed by atoms with E-state index in [1.807, 2.05) is 0 Å². The molecule has 0 saturated carbocycles. The third-order valence-electron chi connectivity index (χ3n) is 8.06. The van der Waals surface area contributed by atoms with Crippen LogP contribution in [0.3, 0.4) is 0 Å². The Bertz CT molecular complexity index is 477. The number of nitrogens with two attached hydrogens (primary N) is 1. The summed E-state index contributed by atoms with van der Waals surface area (Å²) >= 11 is 10.8. The fourth-order valence-electron chi connectivity index (χ4n) is 5.47. The van der Waals surface area contributed by atoms with Gasteiger partial charge in [-0.05, 0) is 12.8 Å². The van der Waals surface area contributed by atoms with Crippen LogP contribution in [0.15, 0.2) is 0 Å². The van der Waals surface area contributed by atoms with Gasteiger partial charge in [-0.1, -0.05) is 205 Å². The molecule has 0 spiro atoms. The molecule has 0 aromatic carbocycles. The van der Waals surface area contributed by atoms with E-state index in [2.05, 4.69) is 18.7 Å². The van der Waals surface area contributed by atoms with Crippen LogP contribution in [-0.2, 0) is 0 Å². The van der Waals surface area contributed by atoms with E-state index in [0.717, 1.165) is 13.1 Å². The maximum absolute atomic E-state index is 5.89. The summed E-state index contributed by atoms with van der Waals surface area (Å²) in [4.78, 5) is 3.40. The largest absolute Gasteiger partial charge is 0.388 e. The summed E-state index contributed by atoms with van der Waals surface area (Å²) in [6.45, 7) is 6.63. The monoisotopic (exact) mass is 568 g/mol. The normalized spacial score (nSPS) is 11.2. The fourth-order valence-corrected chi connectivity index (χ4v) is 5.78. The third-order valence-corrected chi connectivity index (χ3v) is 8.86. The number of hydrogen-bond acceptors (Lipinski definition) is 2. The second kappa shape index (κ2) is 31.3. The summed E-state index contributed by atoms with van der Waals surface area (Å²) in [5.74, 6) is 0. The molecule has 2 nitrogen and oxygen atoms in total. The van der Waals surface area contributed by atoms with Gasteiger partial charge >= 0.3 is 0 Å². The molecule has 4 heteroatoms. The lowest BCUT2D eigenvalue weighted by molar-refractivity contribution is 0.392. The lowest BCUT2D eigenvalue weighted by Crippen LogP contribution is -2.39. The molecule has 0 aromatic rings. The van der Waals surface area contributed by atoms with E-state index < -0.39 is 0 Å². The fraction of sp³-hybridized carbons (Fsp3) is 0.941. The molecule has 226 valence electrons. The molecule has 2 N–H and O–H groups in total. The summed E-state index contributed by atoms with van der Waals surface area (Å²) in [7, 11) is 0. The van der Waals surface area contributed by atoms with Crippen LogP contribution < -0.4 is 5.73 Å². The van der Waals surface area contributed by atoms with Crippen LogP contribution in [0, 0.1) is 0 Å². The number of nitrogens with zero attached hydrogens (tertiary/aromatic N) is 1. The number of unbranched alkanes of at least 4 members (excludes halogenated alkanes) is 26. The van der Waals surface area contributed by atoms with Gasteiger partial charge in [-0.2, -0.15) is 0 Å². The number of rotatable bonds is 30. The summed E-state index contributed by atoms with van der Waals surface area (Å²) < 4.78 is 0. The molecule has 0 heterocycles. The Morgan fingerprint density at radius 1 is 0.395 bits per heavy atom. The Morgan fingerprint density at radius 3 is 0.816 bits per heavy atom.